The summed E-state index contributed by atoms with van der Waals surface area (Å²) in [6, 6.07) is 27.1. The van der Waals surface area contributed by atoms with Crippen molar-refractivity contribution in [1.82, 2.24) is 10.3 Å². The van der Waals surface area contributed by atoms with Gasteiger partial charge in [0.25, 0.3) is 0 Å². The van der Waals surface area contributed by atoms with E-state index in [0.717, 1.165) is 27.9 Å². The molecule has 0 saturated heterocycles. The summed E-state index contributed by atoms with van der Waals surface area (Å²) >= 11 is 0. The number of amides is 2. The molecular formula is C28H26N4O3. The Kier molecular flexibility index (Phi) is 7.37. The first-order valence-electron chi connectivity index (χ1n) is 11.2. The van der Waals surface area contributed by atoms with E-state index in [1.54, 1.807) is 24.5 Å². The molecule has 176 valence electrons. The number of carbonyl (C=O) groups is 2. The molecule has 1 heterocycles. The van der Waals surface area contributed by atoms with E-state index in [2.05, 4.69) is 20.9 Å². The van der Waals surface area contributed by atoms with E-state index >= 15 is 0 Å². The zero-order valence-electron chi connectivity index (χ0n) is 19.2. The van der Waals surface area contributed by atoms with Crippen molar-refractivity contribution in [3.8, 4) is 11.1 Å². The SMILES string of the molecule is CNc1cnccc1-c1ccc(NC(=O)[C@@H](NC(=O)O)C(c2ccccc2)c2ccccc2)cc1. The summed E-state index contributed by atoms with van der Waals surface area (Å²) < 4.78 is 0. The van der Waals surface area contributed by atoms with Gasteiger partial charge in [0.05, 0.1) is 11.9 Å². The fraction of sp³-hybridized carbons (Fsp3) is 0.107. The van der Waals surface area contributed by atoms with E-state index in [1.165, 1.54) is 0 Å². The fourth-order valence-corrected chi connectivity index (χ4v) is 4.13. The second kappa shape index (κ2) is 11.0. The summed E-state index contributed by atoms with van der Waals surface area (Å²) in [5, 5.41) is 18.0. The van der Waals surface area contributed by atoms with Crippen LogP contribution in [0.5, 0.6) is 0 Å². The van der Waals surface area contributed by atoms with Gasteiger partial charge in [0.15, 0.2) is 0 Å². The van der Waals surface area contributed by atoms with Crippen LogP contribution < -0.4 is 16.0 Å². The molecule has 0 spiro atoms. The number of pyridine rings is 1. The molecule has 4 aromatic rings. The first-order valence-corrected chi connectivity index (χ1v) is 11.2. The molecule has 0 aliphatic heterocycles. The highest BCUT2D eigenvalue weighted by atomic mass is 16.4. The van der Waals surface area contributed by atoms with Gasteiger partial charge >= 0.3 is 6.09 Å². The number of nitrogens with one attached hydrogen (secondary N) is 3. The van der Waals surface area contributed by atoms with Crippen LogP contribution in [0.1, 0.15) is 17.0 Å². The molecule has 7 nitrogen and oxygen atoms in total. The number of aromatic nitrogens is 1. The maximum atomic E-state index is 13.4. The average Bonchev–Trinajstić information content (AvgIpc) is 2.90. The number of rotatable bonds is 8. The smallest absolute Gasteiger partial charge is 0.405 e. The predicted molar refractivity (Wildman–Crippen MR) is 138 cm³/mol. The van der Waals surface area contributed by atoms with Crippen molar-refractivity contribution in [2.24, 2.45) is 0 Å². The number of nitrogens with zero attached hydrogens (tertiary/aromatic N) is 1. The van der Waals surface area contributed by atoms with Crippen LogP contribution in [0.2, 0.25) is 0 Å². The quantitative estimate of drug-likeness (QED) is 0.286. The van der Waals surface area contributed by atoms with Crippen molar-refractivity contribution in [2.75, 3.05) is 17.7 Å². The molecule has 0 fully saturated rings. The van der Waals surface area contributed by atoms with Crippen molar-refractivity contribution in [1.29, 1.82) is 0 Å². The second-order valence-electron chi connectivity index (χ2n) is 7.96. The van der Waals surface area contributed by atoms with Crippen molar-refractivity contribution in [3.63, 3.8) is 0 Å². The van der Waals surface area contributed by atoms with Crippen molar-refractivity contribution in [2.45, 2.75) is 12.0 Å². The fourth-order valence-electron chi connectivity index (χ4n) is 4.13. The van der Waals surface area contributed by atoms with Crippen LogP contribution in [0.15, 0.2) is 103 Å². The molecule has 0 bridgehead atoms. The summed E-state index contributed by atoms with van der Waals surface area (Å²) in [6.07, 6.45) is 2.21. The molecule has 0 aliphatic carbocycles. The van der Waals surface area contributed by atoms with Crippen molar-refractivity contribution in [3.05, 3.63) is 115 Å². The largest absolute Gasteiger partial charge is 0.465 e. The Morgan fingerprint density at radius 2 is 1.43 bits per heavy atom. The molecule has 4 rings (SSSR count). The molecule has 0 radical (unpaired) electrons. The highest BCUT2D eigenvalue weighted by Crippen LogP contribution is 2.30. The Morgan fingerprint density at radius 1 is 0.829 bits per heavy atom. The molecule has 3 aromatic carbocycles. The Labute approximate surface area is 203 Å². The Bertz CT molecular complexity index is 1240. The minimum atomic E-state index is -1.27. The third-order valence-corrected chi connectivity index (χ3v) is 5.77. The lowest BCUT2D eigenvalue weighted by molar-refractivity contribution is -0.118. The minimum absolute atomic E-state index is 0.447. The molecule has 1 atom stereocenters. The molecule has 4 N–H and O–H groups in total. The van der Waals surface area contributed by atoms with Crippen LogP contribution >= 0.6 is 0 Å². The molecule has 2 amide bonds. The highest BCUT2D eigenvalue weighted by molar-refractivity contribution is 5.98. The van der Waals surface area contributed by atoms with E-state index < -0.39 is 24.0 Å². The van der Waals surface area contributed by atoms with Crippen LogP contribution in [0.4, 0.5) is 16.2 Å². The lowest BCUT2D eigenvalue weighted by atomic mass is 9.84. The summed E-state index contributed by atoms with van der Waals surface area (Å²) in [7, 11) is 1.83. The first kappa shape index (κ1) is 23.5. The van der Waals surface area contributed by atoms with E-state index in [-0.39, 0.29) is 0 Å². The monoisotopic (exact) mass is 466 g/mol. The maximum absolute atomic E-state index is 13.4. The Hall–Kier alpha value is -4.65. The topological polar surface area (TPSA) is 103 Å². The van der Waals surface area contributed by atoms with Crippen LogP contribution in [0.25, 0.3) is 11.1 Å². The number of anilines is 2. The standard InChI is InChI=1S/C28H26N4O3/c1-29-24-18-30-17-16-23(24)19-12-14-22(15-13-19)31-27(33)26(32-28(34)35)25(20-8-4-2-5-9-20)21-10-6-3-7-11-21/h2-18,25-26,29,32H,1H3,(H,31,33)(H,34,35)/t26-/m0/s1. The summed E-state index contributed by atoms with van der Waals surface area (Å²) in [4.78, 5) is 29.3. The summed E-state index contributed by atoms with van der Waals surface area (Å²) in [5.74, 6) is -0.958. The van der Waals surface area contributed by atoms with Crippen LogP contribution in [0, 0.1) is 0 Å². The van der Waals surface area contributed by atoms with E-state index in [1.807, 2.05) is 85.9 Å². The minimum Gasteiger partial charge on any atom is -0.465 e. The van der Waals surface area contributed by atoms with Crippen molar-refractivity contribution < 1.29 is 14.7 Å². The average molecular weight is 467 g/mol. The van der Waals surface area contributed by atoms with Gasteiger partial charge in [0, 0.05) is 30.4 Å². The number of benzene rings is 3. The lowest BCUT2D eigenvalue weighted by Gasteiger charge is -2.27. The maximum Gasteiger partial charge on any atom is 0.405 e. The zero-order valence-corrected chi connectivity index (χ0v) is 19.2. The molecule has 0 saturated carbocycles. The molecule has 0 unspecified atom stereocenters. The number of carbonyl (C=O) groups excluding carboxylic acids is 1. The van der Waals surface area contributed by atoms with Crippen molar-refractivity contribution >= 4 is 23.4 Å². The summed E-state index contributed by atoms with van der Waals surface area (Å²) in [6.45, 7) is 0. The lowest BCUT2D eigenvalue weighted by Crippen LogP contribution is -2.47. The van der Waals surface area contributed by atoms with Crippen LogP contribution in [0.3, 0.4) is 0 Å². The van der Waals surface area contributed by atoms with Gasteiger partial charge in [0.2, 0.25) is 5.91 Å². The third-order valence-electron chi connectivity index (χ3n) is 5.77. The van der Waals surface area contributed by atoms with E-state index in [9.17, 15) is 14.7 Å². The van der Waals surface area contributed by atoms with Gasteiger partial charge < -0.3 is 21.1 Å². The van der Waals surface area contributed by atoms with E-state index in [0.29, 0.717) is 5.69 Å². The highest BCUT2D eigenvalue weighted by Gasteiger charge is 2.32. The van der Waals surface area contributed by atoms with Gasteiger partial charge in [-0.25, -0.2) is 4.79 Å². The second-order valence-corrected chi connectivity index (χ2v) is 7.96. The van der Waals surface area contributed by atoms with Gasteiger partial charge in [-0.05, 0) is 34.9 Å². The van der Waals surface area contributed by atoms with Gasteiger partial charge in [0.1, 0.15) is 6.04 Å². The number of carboxylic acid groups (broad SMARTS) is 1. The normalized spacial score (nSPS) is 11.5. The molecule has 0 aliphatic rings. The van der Waals surface area contributed by atoms with E-state index in [4.69, 9.17) is 0 Å². The molecule has 35 heavy (non-hydrogen) atoms. The van der Waals surface area contributed by atoms with Gasteiger partial charge in [-0.3, -0.25) is 9.78 Å². The van der Waals surface area contributed by atoms with Crippen LogP contribution in [-0.2, 0) is 4.79 Å². The first-order chi connectivity index (χ1) is 17.1. The van der Waals surface area contributed by atoms with Crippen LogP contribution in [-0.4, -0.2) is 35.2 Å². The third kappa shape index (κ3) is 5.65. The predicted octanol–water partition coefficient (Wildman–Crippen LogP) is 5.20. The van der Waals surface area contributed by atoms with Gasteiger partial charge in [-0.15, -0.1) is 0 Å². The zero-order chi connectivity index (χ0) is 24.6. The number of hydrogen-bond donors (Lipinski definition) is 4. The van der Waals surface area contributed by atoms with Gasteiger partial charge in [-0.1, -0.05) is 72.8 Å². The number of hydrogen-bond acceptors (Lipinski definition) is 4. The summed E-state index contributed by atoms with van der Waals surface area (Å²) in [5.41, 5.74) is 5.07. The molecule has 1 aromatic heterocycles. The Balaban J connectivity index is 1.63. The van der Waals surface area contributed by atoms with Gasteiger partial charge in [-0.2, -0.15) is 0 Å². The molecular weight excluding hydrogens is 440 g/mol. The Morgan fingerprint density at radius 3 is 1.97 bits per heavy atom. The molecule has 7 heteroatoms.